The van der Waals surface area contributed by atoms with Gasteiger partial charge in [-0.1, -0.05) is 20.8 Å². The number of hydrogen-bond acceptors (Lipinski definition) is 6. The van der Waals surface area contributed by atoms with Crippen molar-refractivity contribution < 1.29 is 19.2 Å². The van der Waals surface area contributed by atoms with Crippen LogP contribution in [0.25, 0.3) is 0 Å². The molecule has 0 unspecified atom stereocenters. The predicted octanol–water partition coefficient (Wildman–Crippen LogP) is 0.560. The number of nitrogens with one attached hydrogen (secondary N) is 2. The number of nitrogens with zero attached hydrogens (tertiary/aromatic N) is 4. The number of hydrogen-bond donors (Lipinski definition) is 2. The minimum atomic E-state index is -0.673. The van der Waals surface area contributed by atoms with Gasteiger partial charge in [-0.15, -0.1) is 0 Å². The molecule has 0 saturated carbocycles. The topological polar surface area (TPSA) is 105 Å². The van der Waals surface area contributed by atoms with Crippen LogP contribution in [-0.2, 0) is 19.2 Å². The van der Waals surface area contributed by atoms with E-state index in [0.717, 1.165) is 32.2 Å². The lowest BCUT2D eigenvalue weighted by molar-refractivity contribution is -0.140. The van der Waals surface area contributed by atoms with Crippen LogP contribution < -0.4 is 10.6 Å². The van der Waals surface area contributed by atoms with Crippen LogP contribution in [0.2, 0.25) is 0 Å². The summed E-state index contributed by atoms with van der Waals surface area (Å²) < 4.78 is 0. The zero-order valence-corrected chi connectivity index (χ0v) is 23.5. The molecule has 0 aromatic rings. The SMILES string of the molecule is CC(C)(C)CC(=O)N1CCC2(CC1)CC(=O)N1CCN[C@H](C1)C(=O)N1CCC(CC1)N1CCC[C@H]1C(=O)N2. The summed E-state index contributed by atoms with van der Waals surface area (Å²) in [5.41, 5.74) is -0.759. The summed E-state index contributed by atoms with van der Waals surface area (Å²) in [5, 5.41) is 6.73. The van der Waals surface area contributed by atoms with Crippen molar-refractivity contribution in [1.82, 2.24) is 30.2 Å². The van der Waals surface area contributed by atoms with Gasteiger partial charge in [-0.25, -0.2) is 0 Å². The second-order valence-electron chi connectivity index (χ2n) is 13.4. The third kappa shape index (κ3) is 5.86. The van der Waals surface area contributed by atoms with Crippen LogP contribution in [0.1, 0.15) is 72.1 Å². The van der Waals surface area contributed by atoms with Gasteiger partial charge in [-0.2, -0.15) is 0 Å². The number of fused-ring (bicyclic) bond motifs is 4. The summed E-state index contributed by atoms with van der Waals surface area (Å²) in [5.74, 6) is 0.231. The van der Waals surface area contributed by atoms with E-state index < -0.39 is 5.54 Å². The summed E-state index contributed by atoms with van der Waals surface area (Å²) in [4.78, 5) is 61.8. The lowest BCUT2D eigenvalue weighted by Gasteiger charge is -2.44. The lowest BCUT2D eigenvalue weighted by atomic mass is 9.82. The maximum absolute atomic E-state index is 13.8. The van der Waals surface area contributed by atoms with Gasteiger partial charge in [0.2, 0.25) is 23.6 Å². The monoisotopic (exact) mass is 530 g/mol. The minimum Gasteiger partial charge on any atom is -0.349 e. The van der Waals surface area contributed by atoms with Gasteiger partial charge in [-0.05, 0) is 50.5 Å². The molecule has 0 aromatic carbocycles. The number of piperazine rings is 1. The molecule has 38 heavy (non-hydrogen) atoms. The van der Waals surface area contributed by atoms with Crippen molar-refractivity contribution in [2.75, 3.05) is 52.4 Å². The first-order chi connectivity index (χ1) is 18.0. The van der Waals surface area contributed by atoms with E-state index in [1.54, 1.807) is 4.90 Å². The highest BCUT2D eigenvalue weighted by molar-refractivity contribution is 5.86. The Morgan fingerprint density at radius 2 is 1.66 bits per heavy atom. The average Bonchev–Trinajstić information content (AvgIpc) is 3.38. The van der Waals surface area contributed by atoms with Gasteiger partial charge >= 0.3 is 0 Å². The maximum Gasteiger partial charge on any atom is 0.241 e. The molecule has 0 aliphatic carbocycles. The molecule has 6 aliphatic heterocycles. The largest absolute Gasteiger partial charge is 0.349 e. The molecule has 2 N–H and O–H groups in total. The van der Waals surface area contributed by atoms with Crippen molar-refractivity contribution in [2.45, 2.75) is 95.8 Å². The van der Waals surface area contributed by atoms with E-state index in [0.29, 0.717) is 71.1 Å². The van der Waals surface area contributed by atoms with Gasteiger partial charge in [0.25, 0.3) is 0 Å². The van der Waals surface area contributed by atoms with Crippen LogP contribution in [-0.4, -0.2) is 119 Å². The molecule has 4 amide bonds. The van der Waals surface area contributed by atoms with E-state index in [1.165, 1.54) is 0 Å². The van der Waals surface area contributed by atoms with E-state index >= 15 is 0 Å². The Morgan fingerprint density at radius 3 is 2.34 bits per heavy atom. The third-order valence-electron chi connectivity index (χ3n) is 9.30. The number of amides is 4. The van der Waals surface area contributed by atoms with Gasteiger partial charge in [0, 0.05) is 58.3 Å². The van der Waals surface area contributed by atoms with E-state index in [9.17, 15) is 19.2 Å². The number of likely N-dealkylation sites (tertiary alicyclic amines) is 1. The summed E-state index contributed by atoms with van der Waals surface area (Å²) in [6, 6.07) is -0.273. The van der Waals surface area contributed by atoms with E-state index in [-0.39, 0.29) is 47.5 Å². The summed E-state index contributed by atoms with van der Waals surface area (Å²) in [6.45, 7) is 11.1. The normalized spacial score (nSPS) is 29.8. The van der Waals surface area contributed by atoms with Crippen LogP contribution in [0.15, 0.2) is 0 Å². The standard InChI is InChI=1S/C28H46N6O4/c1-27(2,3)17-23(35)31-14-8-28(9-15-31)18-24(36)33-16-10-29-21(19-33)26(38)32-12-6-20(7-13-32)34-11-4-5-22(34)25(37)30-28/h20-22,29H,4-19H2,1-3H3,(H,30,37)/t21-,22+/m1/s1. The summed E-state index contributed by atoms with van der Waals surface area (Å²) in [7, 11) is 0. The molecule has 2 atom stereocenters. The fourth-order valence-corrected chi connectivity index (χ4v) is 7.13. The van der Waals surface area contributed by atoms with E-state index in [2.05, 4.69) is 36.3 Å². The smallest absolute Gasteiger partial charge is 0.241 e. The van der Waals surface area contributed by atoms with Gasteiger partial charge in [0.15, 0.2) is 0 Å². The molecule has 10 heteroatoms. The van der Waals surface area contributed by atoms with Crippen LogP contribution in [0.4, 0.5) is 0 Å². The Labute approximate surface area is 226 Å². The molecule has 212 valence electrons. The molecule has 6 heterocycles. The first-order valence-corrected chi connectivity index (χ1v) is 14.7. The molecule has 4 bridgehead atoms. The quantitative estimate of drug-likeness (QED) is 0.513. The number of carbonyl (C=O) groups is 4. The molecular formula is C28H46N6O4. The molecule has 6 saturated heterocycles. The first kappa shape index (κ1) is 27.4. The zero-order valence-electron chi connectivity index (χ0n) is 23.5. The summed E-state index contributed by atoms with van der Waals surface area (Å²) >= 11 is 0. The van der Waals surface area contributed by atoms with Gasteiger partial charge in [0.1, 0.15) is 6.04 Å². The van der Waals surface area contributed by atoms with Gasteiger partial charge in [-0.3, -0.25) is 24.1 Å². The lowest BCUT2D eigenvalue weighted by Crippen LogP contribution is -2.62. The molecule has 0 radical (unpaired) electrons. The highest BCUT2D eigenvalue weighted by Gasteiger charge is 2.45. The third-order valence-corrected chi connectivity index (χ3v) is 9.30. The highest BCUT2D eigenvalue weighted by Crippen LogP contribution is 2.32. The Hall–Kier alpha value is -2.20. The van der Waals surface area contributed by atoms with Crippen molar-refractivity contribution in [3.63, 3.8) is 0 Å². The summed E-state index contributed by atoms with van der Waals surface area (Å²) in [6.07, 6.45) is 5.39. The van der Waals surface area contributed by atoms with Crippen molar-refractivity contribution in [1.29, 1.82) is 0 Å². The van der Waals surface area contributed by atoms with E-state index in [1.807, 2.05) is 9.80 Å². The van der Waals surface area contributed by atoms with Crippen LogP contribution >= 0.6 is 0 Å². The molecule has 6 fully saturated rings. The van der Waals surface area contributed by atoms with Crippen molar-refractivity contribution in [3.8, 4) is 0 Å². The van der Waals surface area contributed by atoms with Crippen LogP contribution in [0.5, 0.6) is 0 Å². The second kappa shape index (κ2) is 10.8. The number of carbonyl (C=O) groups excluding carboxylic acids is 4. The van der Waals surface area contributed by atoms with Crippen molar-refractivity contribution >= 4 is 23.6 Å². The Kier molecular flexibility index (Phi) is 7.75. The fraction of sp³-hybridized carbons (Fsp3) is 0.857. The Morgan fingerprint density at radius 1 is 0.947 bits per heavy atom. The zero-order chi connectivity index (χ0) is 27.1. The first-order valence-electron chi connectivity index (χ1n) is 14.7. The van der Waals surface area contributed by atoms with Crippen LogP contribution in [0, 0.1) is 5.41 Å². The van der Waals surface area contributed by atoms with E-state index in [4.69, 9.17) is 0 Å². The molecule has 10 nitrogen and oxygen atoms in total. The van der Waals surface area contributed by atoms with Gasteiger partial charge in [0.05, 0.1) is 18.0 Å². The second-order valence-corrected chi connectivity index (χ2v) is 13.4. The minimum absolute atomic E-state index is 0.0171. The molecular weight excluding hydrogens is 484 g/mol. The number of piperidine rings is 2. The number of rotatable bonds is 1. The van der Waals surface area contributed by atoms with Gasteiger partial charge < -0.3 is 25.3 Å². The van der Waals surface area contributed by atoms with Crippen molar-refractivity contribution in [3.05, 3.63) is 0 Å². The van der Waals surface area contributed by atoms with Crippen LogP contribution in [0.3, 0.4) is 0 Å². The maximum atomic E-state index is 13.8. The molecule has 6 rings (SSSR count). The highest BCUT2D eigenvalue weighted by atomic mass is 16.2. The molecule has 0 aromatic heterocycles. The predicted molar refractivity (Wildman–Crippen MR) is 143 cm³/mol. The average molecular weight is 531 g/mol. The molecule has 1 spiro atoms. The Balaban J connectivity index is 1.38. The van der Waals surface area contributed by atoms with Crippen molar-refractivity contribution in [2.24, 2.45) is 5.41 Å². The fourth-order valence-electron chi connectivity index (χ4n) is 7.13. The molecule has 6 aliphatic rings. The Bertz CT molecular complexity index is 932.